The van der Waals surface area contributed by atoms with Gasteiger partial charge in [0.2, 0.25) is 15.9 Å². The molecule has 7 heteroatoms. The second-order valence-corrected chi connectivity index (χ2v) is 9.19. The molecule has 160 valence electrons. The highest BCUT2D eigenvalue weighted by atomic mass is 32.2. The zero-order chi connectivity index (χ0) is 21.4. The van der Waals surface area contributed by atoms with E-state index in [4.69, 9.17) is 4.74 Å². The molecular formula is C23H28N2O4S. The van der Waals surface area contributed by atoms with Gasteiger partial charge in [-0.3, -0.25) is 4.79 Å². The minimum atomic E-state index is -3.46. The van der Waals surface area contributed by atoms with E-state index in [9.17, 15) is 13.2 Å². The molecule has 0 saturated carbocycles. The van der Waals surface area contributed by atoms with E-state index >= 15 is 0 Å². The number of sulfonamides is 1. The Labute approximate surface area is 178 Å². The summed E-state index contributed by atoms with van der Waals surface area (Å²) in [7, 11) is -1.87. The second kappa shape index (κ2) is 10.4. The standard InChI is InChI=1S/C23H28N2O4S/c1-29-22-9-5-4-8-20(22)18-24-23(26)15-12-19-10-13-21(14-11-19)30(27,28)25-16-6-2-3-7-17-25/h4-5,8-15H,2-3,6-7,16-18H2,1H3,(H,24,26)/b15-12+. The van der Waals surface area contributed by atoms with Gasteiger partial charge in [-0.1, -0.05) is 43.2 Å². The summed E-state index contributed by atoms with van der Waals surface area (Å²) >= 11 is 0. The zero-order valence-electron chi connectivity index (χ0n) is 17.2. The van der Waals surface area contributed by atoms with Gasteiger partial charge >= 0.3 is 0 Å². The molecule has 0 bridgehead atoms. The van der Waals surface area contributed by atoms with Gasteiger partial charge < -0.3 is 10.1 Å². The van der Waals surface area contributed by atoms with Gasteiger partial charge in [-0.05, 0) is 42.7 Å². The van der Waals surface area contributed by atoms with Gasteiger partial charge in [0.15, 0.2) is 0 Å². The fourth-order valence-electron chi connectivity index (χ4n) is 3.44. The Morgan fingerprint density at radius 3 is 2.37 bits per heavy atom. The molecule has 0 aromatic heterocycles. The first kappa shape index (κ1) is 22.1. The second-order valence-electron chi connectivity index (χ2n) is 7.25. The van der Waals surface area contributed by atoms with Crippen molar-refractivity contribution >= 4 is 22.0 Å². The molecule has 1 amide bonds. The summed E-state index contributed by atoms with van der Waals surface area (Å²) in [6.45, 7) is 1.52. The number of benzene rings is 2. The average Bonchev–Trinajstić information content (AvgIpc) is 3.07. The third-order valence-corrected chi connectivity index (χ3v) is 7.07. The van der Waals surface area contributed by atoms with Crippen molar-refractivity contribution in [2.75, 3.05) is 20.2 Å². The Balaban J connectivity index is 1.59. The van der Waals surface area contributed by atoms with Crippen LogP contribution in [0.3, 0.4) is 0 Å². The van der Waals surface area contributed by atoms with Crippen LogP contribution in [0.5, 0.6) is 5.75 Å². The summed E-state index contributed by atoms with van der Waals surface area (Å²) in [6, 6.07) is 14.1. The number of carbonyl (C=O) groups is 1. The maximum absolute atomic E-state index is 12.8. The predicted octanol–water partition coefficient (Wildman–Crippen LogP) is 3.59. The van der Waals surface area contributed by atoms with Gasteiger partial charge in [-0.15, -0.1) is 0 Å². The summed E-state index contributed by atoms with van der Waals surface area (Å²) < 4.78 is 32.5. The minimum absolute atomic E-state index is 0.234. The number of methoxy groups -OCH3 is 1. The number of hydrogen-bond acceptors (Lipinski definition) is 4. The lowest BCUT2D eigenvalue weighted by atomic mass is 10.2. The number of amides is 1. The lowest BCUT2D eigenvalue weighted by molar-refractivity contribution is -0.116. The summed E-state index contributed by atoms with van der Waals surface area (Å²) in [5, 5.41) is 2.82. The molecule has 0 unspecified atom stereocenters. The molecule has 1 N–H and O–H groups in total. The number of nitrogens with zero attached hydrogens (tertiary/aromatic N) is 1. The molecule has 0 aliphatic carbocycles. The van der Waals surface area contributed by atoms with Crippen LogP contribution < -0.4 is 10.1 Å². The number of rotatable bonds is 7. The van der Waals surface area contributed by atoms with Crippen LogP contribution in [0.25, 0.3) is 6.08 Å². The Hall–Kier alpha value is -2.64. The van der Waals surface area contributed by atoms with E-state index in [0.717, 1.165) is 42.6 Å². The van der Waals surface area contributed by atoms with Gasteiger partial charge in [0.05, 0.1) is 12.0 Å². The maximum atomic E-state index is 12.8. The first-order valence-corrected chi connectivity index (χ1v) is 11.6. The number of ether oxygens (including phenoxy) is 1. The predicted molar refractivity (Wildman–Crippen MR) is 118 cm³/mol. The summed E-state index contributed by atoms with van der Waals surface area (Å²) in [5.41, 5.74) is 1.65. The number of hydrogen-bond donors (Lipinski definition) is 1. The smallest absolute Gasteiger partial charge is 0.244 e. The van der Waals surface area contributed by atoms with E-state index in [2.05, 4.69) is 5.32 Å². The highest BCUT2D eigenvalue weighted by molar-refractivity contribution is 7.89. The molecule has 1 heterocycles. The molecule has 1 aliphatic rings. The van der Waals surface area contributed by atoms with Gasteiger partial charge in [0.1, 0.15) is 5.75 Å². The summed E-state index contributed by atoms with van der Waals surface area (Å²) in [6.07, 6.45) is 7.07. The van der Waals surface area contributed by atoms with E-state index in [1.54, 1.807) is 41.8 Å². The van der Waals surface area contributed by atoms with Crippen LogP contribution in [0, 0.1) is 0 Å². The van der Waals surface area contributed by atoms with Crippen molar-refractivity contribution in [3.63, 3.8) is 0 Å². The average molecular weight is 429 g/mol. The van der Waals surface area contributed by atoms with Gasteiger partial charge in [0, 0.05) is 31.3 Å². The molecule has 30 heavy (non-hydrogen) atoms. The van der Waals surface area contributed by atoms with Crippen molar-refractivity contribution in [3.05, 3.63) is 65.7 Å². The molecule has 1 aliphatic heterocycles. The van der Waals surface area contributed by atoms with E-state index in [0.29, 0.717) is 24.5 Å². The molecule has 1 fully saturated rings. The first-order chi connectivity index (χ1) is 14.5. The van der Waals surface area contributed by atoms with Crippen molar-refractivity contribution < 1.29 is 17.9 Å². The van der Waals surface area contributed by atoms with Crippen molar-refractivity contribution in [2.45, 2.75) is 37.1 Å². The third-order valence-electron chi connectivity index (χ3n) is 5.16. The molecule has 3 rings (SSSR count). The minimum Gasteiger partial charge on any atom is -0.496 e. The Bertz CT molecular complexity index is 977. The van der Waals surface area contributed by atoms with Crippen LogP contribution in [-0.4, -0.2) is 38.8 Å². The Morgan fingerprint density at radius 2 is 1.70 bits per heavy atom. The maximum Gasteiger partial charge on any atom is 0.244 e. The number of nitrogens with one attached hydrogen (secondary N) is 1. The number of carbonyl (C=O) groups excluding carboxylic acids is 1. The van der Waals surface area contributed by atoms with Crippen LogP contribution in [0.15, 0.2) is 59.5 Å². The van der Waals surface area contributed by atoms with Crippen LogP contribution in [0.1, 0.15) is 36.8 Å². The quantitative estimate of drug-likeness (QED) is 0.684. The van der Waals surface area contributed by atoms with Crippen molar-refractivity contribution in [1.29, 1.82) is 0 Å². The van der Waals surface area contributed by atoms with Crippen molar-refractivity contribution in [2.24, 2.45) is 0 Å². The van der Waals surface area contributed by atoms with Crippen LogP contribution in [-0.2, 0) is 21.4 Å². The Morgan fingerprint density at radius 1 is 1.03 bits per heavy atom. The SMILES string of the molecule is COc1ccccc1CNC(=O)/C=C/c1ccc(S(=O)(=O)N2CCCCCC2)cc1. The van der Waals surface area contributed by atoms with E-state index in [1.807, 2.05) is 24.3 Å². The van der Waals surface area contributed by atoms with Gasteiger partial charge in [-0.2, -0.15) is 4.31 Å². The van der Waals surface area contributed by atoms with Crippen molar-refractivity contribution in [1.82, 2.24) is 9.62 Å². The summed E-state index contributed by atoms with van der Waals surface area (Å²) in [5.74, 6) is 0.491. The first-order valence-electron chi connectivity index (χ1n) is 10.2. The lowest BCUT2D eigenvalue weighted by Gasteiger charge is -2.19. The summed E-state index contributed by atoms with van der Waals surface area (Å²) in [4.78, 5) is 12.4. The van der Waals surface area contributed by atoms with E-state index < -0.39 is 10.0 Å². The topological polar surface area (TPSA) is 75.7 Å². The number of para-hydroxylation sites is 1. The molecular weight excluding hydrogens is 400 g/mol. The fourth-order valence-corrected chi connectivity index (χ4v) is 4.96. The largest absolute Gasteiger partial charge is 0.496 e. The van der Waals surface area contributed by atoms with Crippen molar-refractivity contribution in [3.8, 4) is 5.75 Å². The molecule has 0 spiro atoms. The highest BCUT2D eigenvalue weighted by Crippen LogP contribution is 2.21. The molecule has 6 nitrogen and oxygen atoms in total. The third kappa shape index (κ3) is 5.70. The van der Waals surface area contributed by atoms with Gasteiger partial charge in [0.25, 0.3) is 0 Å². The van der Waals surface area contributed by atoms with Gasteiger partial charge in [-0.25, -0.2) is 8.42 Å². The molecule has 2 aromatic carbocycles. The van der Waals surface area contributed by atoms with E-state index in [1.165, 1.54) is 6.08 Å². The zero-order valence-corrected chi connectivity index (χ0v) is 18.0. The van der Waals surface area contributed by atoms with Crippen LogP contribution in [0.2, 0.25) is 0 Å². The highest BCUT2D eigenvalue weighted by Gasteiger charge is 2.24. The van der Waals surface area contributed by atoms with Crippen LogP contribution in [0.4, 0.5) is 0 Å². The molecule has 0 radical (unpaired) electrons. The lowest BCUT2D eigenvalue weighted by Crippen LogP contribution is -2.31. The van der Waals surface area contributed by atoms with Crippen LogP contribution >= 0.6 is 0 Å². The normalized spacial score (nSPS) is 15.6. The molecule has 1 saturated heterocycles. The molecule has 2 aromatic rings. The van der Waals surface area contributed by atoms with E-state index in [-0.39, 0.29) is 5.91 Å². The monoisotopic (exact) mass is 428 g/mol. The Kier molecular flexibility index (Phi) is 7.65. The molecule has 0 atom stereocenters. The fraction of sp³-hybridized carbons (Fsp3) is 0.348.